The Bertz CT molecular complexity index is 692. The van der Waals surface area contributed by atoms with Gasteiger partial charge in [0.1, 0.15) is 10.6 Å². The van der Waals surface area contributed by atoms with E-state index < -0.39 is 16.4 Å². The maximum Gasteiger partial charge on any atom is 0.282 e. The number of nitro groups is 1. The molecule has 0 aliphatic rings. The number of carbonyl (C=O) groups is 1. The maximum absolute atomic E-state index is 12.1. The number of aromatic nitrogens is 2. The fourth-order valence-corrected chi connectivity index (χ4v) is 2.28. The van der Waals surface area contributed by atoms with Crippen molar-refractivity contribution in [3.05, 3.63) is 45.0 Å². The minimum Gasteiger partial charge on any atom is -0.320 e. The van der Waals surface area contributed by atoms with E-state index in [9.17, 15) is 14.9 Å². The normalized spacial score (nSPS) is 11.2. The van der Waals surface area contributed by atoms with E-state index in [0.29, 0.717) is 5.01 Å². The average Bonchev–Trinajstić information content (AvgIpc) is 2.87. The molecule has 1 amide bonds. The van der Waals surface area contributed by atoms with Gasteiger partial charge in [0.05, 0.1) is 10.5 Å². The zero-order valence-corrected chi connectivity index (χ0v) is 12.2. The van der Waals surface area contributed by atoms with Crippen molar-refractivity contribution in [1.82, 2.24) is 10.2 Å². The summed E-state index contributed by atoms with van der Waals surface area (Å²) >= 11 is 1.13. The third-order valence-electron chi connectivity index (χ3n) is 2.54. The van der Waals surface area contributed by atoms with Crippen LogP contribution in [0.4, 0.5) is 10.8 Å². The van der Waals surface area contributed by atoms with Gasteiger partial charge in [0, 0.05) is 6.07 Å². The Morgan fingerprint density at radius 3 is 2.62 bits per heavy atom. The van der Waals surface area contributed by atoms with Crippen molar-refractivity contribution in [3.8, 4) is 0 Å². The summed E-state index contributed by atoms with van der Waals surface area (Å²) in [5.74, 6) is -0.611. The molecule has 0 spiro atoms. The summed E-state index contributed by atoms with van der Waals surface area (Å²) in [5, 5.41) is 21.9. The van der Waals surface area contributed by atoms with Gasteiger partial charge >= 0.3 is 0 Å². The second-order valence-electron chi connectivity index (χ2n) is 4.86. The van der Waals surface area contributed by atoms with Gasteiger partial charge in [-0.1, -0.05) is 23.5 Å². The standard InChI is InChI=1S/C12H13N5O3S/c1-12(2,13)10-15-16-11(21-10)14-9(18)7-5-3-4-6-8(7)17(19)20/h3-6H,13H2,1-2H3,(H,14,16,18). The predicted octanol–water partition coefficient (Wildman–Crippen LogP) is 1.89. The molecule has 0 bridgehead atoms. The van der Waals surface area contributed by atoms with Crippen LogP contribution < -0.4 is 11.1 Å². The van der Waals surface area contributed by atoms with E-state index in [1.54, 1.807) is 19.9 Å². The Morgan fingerprint density at radius 2 is 2.05 bits per heavy atom. The highest BCUT2D eigenvalue weighted by Crippen LogP contribution is 2.25. The first kappa shape index (κ1) is 15.0. The summed E-state index contributed by atoms with van der Waals surface area (Å²) in [6.45, 7) is 3.53. The lowest BCUT2D eigenvalue weighted by Gasteiger charge is -2.12. The summed E-state index contributed by atoms with van der Waals surface area (Å²) < 4.78 is 0. The third-order valence-corrected chi connectivity index (χ3v) is 3.72. The van der Waals surface area contributed by atoms with Gasteiger partial charge in [0.2, 0.25) is 5.13 Å². The monoisotopic (exact) mass is 307 g/mol. The number of anilines is 1. The molecule has 3 N–H and O–H groups in total. The van der Waals surface area contributed by atoms with E-state index in [2.05, 4.69) is 15.5 Å². The molecule has 0 aliphatic heterocycles. The summed E-state index contributed by atoms with van der Waals surface area (Å²) in [6.07, 6.45) is 0. The van der Waals surface area contributed by atoms with Crippen LogP contribution in [0, 0.1) is 10.1 Å². The molecule has 110 valence electrons. The highest BCUT2D eigenvalue weighted by molar-refractivity contribution is 7.15. The lowest BCUT2D eigenvalue weighted by Crippen LogP contribution is -2.28. The molecule has 0 unspecified atom stereocenters. The summed E-state index contributed by atoms with van der Waals surface area (Å²) in [4.78, 5) is 22.4. The number of carbonyl (C=O) groups excluding carboxylic acids is 1. The molecule has 9 heteroatoms. The van der Waals surface area contributed by atoms with Crippen LogP contribution in [0.15, 0.2) is 24.3 Å². The van der Waals surface area contributed by atoms with Crippen molar-refractivity contribution in [3.63, 3.8) is 0 Å². The number of nitrogens with zero attached hydrogens (tertiary/aromatic N) is 3. The van der Waals surface area contributed by atoms with Gasteiger partial charge in [0.25, 0.3) is 11.6 Å². The summed E-state index contributed by atoms with van der Waals surface area (Å²) in [7, 11) is 0. The molecule has 0 radical (unpaired) electrons. The van der Waals surface area contributed by atoms with Gasteiger partial charge in [-0.15, -0.1) is 10.2 Å². The van der Waals surface area contributed by atoms with Crippen LogP contribution >= 0.6 is 11.3 Å². The van der Waals surface area contributed by atoms with Gasteiger partial charge in [0.15, 0.2) is 0 Å². The van der Waals surface area contributed by atoms with Gasteiger partial charge in [-0.25, -0.2) is 0 Å². The molecule has 0 aliphatic carbocycles. The predicted molar refractivity (Wildman–Crippen MR) is 78.2 cm³/mol. The van der Waals surface area contributed by atoms with Crippen LogP contribution in [0.5, 0.6) is 0 Å². The highest BCUT2D eigenvalue weighted by atomic mass is 32.1. The highest BCUT2D eigenvalue weighted by Gasteiger charge is 2.23. The van der Waals surface area contributed by atoms with E-state index in [-0.39, 0.29) is 16.4 Å². The number of nitrogens with two attached hydrogens (primary N) is 1. The molecule has 8 nitrogen and oxygen atoms in total. The van der Waals surface area contributed by atoms with Crippen molar-refractivity contribution in [1.29, 1.82) is 0 Å². The molecule has 0 atom stereocenters. The zero-order valence-electron chi connectivity index (χ0n) is 11.4. The first-order chi connectivity index (χ1) is 9.79. The third kappa shape index (κ3) is 3.38. The number of nitrogens with one attached hydrogen (secondary N) is 1. The lowest BCUT2D eigenvalue weighted by atomic mass is 10.1. The van der Waals surface area contributed by atoms with E-state index in [4.69, 9.17) is 5.73 Å². The zero-order chi connectivity index (χ0) is 15.6. The Morgan fingerprint density at radius 1 is 1.38 bits per heavy atom. The second kappa shape index (κ2) is 5.54. The number of amides is 1. The largest absolute Gasteiger partial charge is 0.320 e. The number of hydrogen-bond acceptors (Lipinski definition) is 7. The van der Waals surface area contributed by atoms with E-state index in [1.807, 2.05) is 0 Å². The number of nitro benzene ring substituents is 1. The fraction of sp³-hybridized carbons (Fsp3) is 0.250. The molecule has 1 heterocycles. The molecule has 1 aromatic carbocycles. The van der Waals surface area contributed by atoms with Crippen molar-refractivity contribution < 1.29 is 9.72 Å². The Balaban J connectivity index is 2.23. The molecule has 2 rings (SSSR count). The number of rotatable bonds is 4. The van der Waals surface area contributed by atoms with E-state index in [0.717, 1.165) is 11.3 Å². The van der Waals surface area contributed by atoms with E-state index >= 15 is 0 Å². The van der Waals surface area contributed by atoms with Crippen molar-refractivity contribution in [2.45, 2.75) is 19.4 Å². The van der Waals surface area contributed by atoms with Crippen LogP contribution in [0.3, 0.4) is 0 Å². The number of benzene rings is 1. The maximum atomic E-state index is 12.1. The van der Waals surface area contributed by atoms with Crippen molar-refractivity contribution >= 4 is 28.1 Å². The number of hydrogen-bond donors (Lipinski definition) is 2. The SMILES string of the molecule is CC(C)(N)c1nnc(NC(=O)c2ccccc2[N+](=O)[O-])s1. The Labute approximate surface area is 124 Å². The first-order valence-corrected chi connectivity index (χ1v) is 6.78. The minimum absolute atomic E-state index is 0.0359. The molecule has 21 heavy (non-hydrogen) atoms. The van der Waals surface area contributed by atoms with Crippen LogP contribution in [-0.4, -0.2) is 21.0 Å². The minimum atomic E-state index is -0.667. The molecule has 0 saturated heterocycles. The summed E-state index contributed by atoms with van der Waals surface area (Å²) in [5.41, 5.74) is 4.91. The average molecular weight is 307 g/mol. The molecule has 0 saturated carbocycles. The van der Waals surface area contributed by atoms with Crippen molar-refractivity contribution in [2.24, 2.45) is 5.73 Å². The number of para-hydroxylation sites is 1. The molecular formula is C12H13N5O3S. The van der Waals surface area contributed by atoms with Crippen LogP contribution in [0.25, 0.3) is 0 Å². The molecular weight excluding hydrogens is 294 g/mol. The smallest absolute Gasteiger partial charge is 0.282 e. The van der Waals surface area contributed by atoms with Gasteiger partial charge < -0.3 is 5.73 Å². The Hall–Kier alpha value is -2.39. The molecule has 0 fully saturated rings. The topological polar surface area (TPSA) is 124 Å². The lowest BCUT2D eigenvalue weighted by molar-refractivity contribution is -0.385. The van der Waals surface area contributed by atoms with Gasteiger partial charge in [-0.05, 0) is 19.9 Å². The first-order valence-electron chi connectivity index (χ1n) is 5.96. The quantitative estimate of drug-likeness (QED) is 0.656. The van der Waals surface area contributed by atoms with Crippen molar-refractivity contribution in [2.75, 3.05) is 5.32 Å². The van der Waals surface area contributed by atoms with Crippen LogP contribution in [-0.2, 0) is 5.54 Å². The molecule has 1 aromatic heterocycles. The summed E-state index contributed by atoms with van der Waals surface area (Å²) in [6, 6.07) is 5.69. The van der Waals surface area contributed by atoms with Gasteiger partial charge in [-0.2, -0.15) is 0 Å². The van der Waals surface area contributed by atoms with Crippen LogP contribution in [0.1, 0.15) is 29.2 Å². The van der Waals surface area contributed by atoms with E-state index in [1.165, 1.54) is 18.2 Å². The molecule has 2 aromatic rings. The van der Waals surface area contributed by atoms with Crippen LogP contribution in [0.2, 0.25) is 0 Å². The fourth-order valence-electron chi connectivity index (χ4n) is 1.52. The van der Waals surface area contributed by atoms with Gasteiger partial charge in [-0.3, -0.25) is 20.2 Å². The second-order valence-corrected chi connectivity index (χ2v) is 5.84. The Kier molecular flexibility index (Phi) is 3.96.